The lowest BCUT2D eigenvalue weighted by Gasteiger charge is -2.31. The number of piperazine rings is 1. The minimum atomic E-state index is -0.379. The van der Waals surface area contributed by atoms with E-state index in [-0.39, 0.29) is 11.5 Å². The number of nitrogens with zero attached hydrogens (tertiary/aromatic N) is 3. The fraction of sp³-hybridized carbons (Fsp3) is 0.500. The maximum absolute atomic E-state index is 12.6. The molecule has 3 rings (SSSR count). The van der Waals surface area contributed by atoms with Crippen LogP contribution in [0.25, 0.3) is 11.0 Å². The number of nitrogens with one attached hydrogen (secondary N) is 1. The molecular weight excluding hydrogens is 320 g/mol. The number of esters is 1. The molecular formula is C18H24N4O3. The number of anilines is 1. The second-order valence-electron chi connectivity index (χ2n) is 6.08. The first-order chi connectivity index (χ1) is 12.1. The molecule has 1 aliphatic heterocycles. The molecule has 1 fully saturated rings. The molecule has 1 N–H and O–H groups in total. The van der Waals surface area contributed by atoms with E-state index in [4.69, 9.17) is 4.74 Å². The Morgan fingerprint density at radius 1 is 1.28 bits per heavy atom. The zero-order valence-corrected chi connectivity index (χ0v) is 15.0. The molecule has 0 aliphatic carbocycles. The van der Waals surface area contributed by atoms with E-state index in [1.807, 2.05) is 13.8 Å². The number of aromatic nitrogens is 2. The van der Waals surface area contributed by atoms with Gasteiger partial charge in [0.05, 0.1) is 23.2 Å². The molecule has 3 heterocycles. The third-order valence-electron chi connectivity index (χ3n) is 4.44. The molecule has 1 saturated heterocycles. The molecule has 0 amide bonds. The number of carbonyl (C=O) groups excluding carboxylic acids is 1. The topological polar surface area (TPSA) is 76.5 Å². The van der Waals surface area contributed by atoms with E-state index in [2.05, 4.69) is 15.2 Å². The van der Waals surface area contributed by atoms with Crippen LogP contribution in [0.4, 0.5) is 5.69 Å². The van der Waals surface area contributed by atoms with Crippen molar-refractivity contribution in [1.82, 2.24) is 14.9 Å². The van der Waals surface area contributed by atoms with Crippen molar-refractivity contribution in [3.8, 4) is 0 Å². The van der Waals surface area contributed by atoms with Crippen LogP contribution in [0.15, 0.2) is 16.9 Å². The van der Waals surface area contributed by atoms with Crippen molar-refractivity contribution in [1.29, 1.82) is 0 Å². The smallest absolute Gasteiger partial charge is 0.339 e. The number of hydrogen-bond donors (Lipinski definition) is 1. The minimum absolute atomic E-state index is 0.101. The van der Waals surface area contributed by atoms with Gasteiger partial charge in [-0.1, -0.05) is 0 Å². The molecule has 0 spiro atoms. The van der Waals surface area contributed by atoms with Gasteiger partial charge in [0.25, 0.3) is 5.56 Å². The Hall–Kier alpha value is -2.41. The van der Waals surface area contributed by atoms with Gasteiger partial charge in [0, 0.05) is 44.5 Å². The molecule has 0 atom stereocenters. The van der Waals surface area contributed by atoms with Gasteiger partial charge in [-0.2, -0.15) is 0 Å². The summed E-state index contributed by atoms with van der Waals surface area (Å²) in [5.74, 6) is -0.379. The SMILES string of the molecule is CCOC(=O)c1cc(C)nc2c1c(N1CCNCC1)cc(=O)n2CC. The van der Waals surface area contributed by atoms with E-state index < -0.39 is 0 Å². The van der Waals surface area contributed by atoms with E-state index >= 15 is 0 Å². The number of hydrogen-bond acceptors (Lipinski definition) is 6. The Morgan fingerprint density at radius 2 is 2.00 bits per heavy atom. The lowest BCUT2D eigenvalue weighted by molar-refractivity contribution is 0.0528. The maximum Gasteiger partial charge on any atom is 0.339 e. The van der Waals surface area contributed by atoms with Crippen molar-refractivity contribution in [2.24, 2.45) is 0 Å². The van der Waals surface area contributed by atoms with Crippen molar-refractivity contribution in [2.75, 3.05) is 37.7 Å². The van der Waals surface area contributed by atoms with Crippen LogP contribution in [0.5, 0.6) is 0 Å². The van der Waals surface area contributed by atoms with Crippen molar-refractivity contribution < 1.29 is 9.53 Å². The number of rotatable bonds is 4. The molecule has 134 valence electrons. The Morgan fingerprint density at radius 3 is 2.64 bits per heavy atom. The van der Waals surface area contributed by atoms with Crippen molar-refractivity contribution in [2.45, 2.75) is 27.3 Å². The van der Waals surface area contributed by atoms with Crippen LogP contribution < -0.4 is 15.8 Å². The summed E-state index contributed by atoms with van der Waals surface area (Å²) < 4.78 is 6.86. The van der Waals surface area contributed by atoms with Crippen LogP contribution in [0.2, 0.25) is 0 Å². The second kappa shape index (κ2) is 7.23. The Balaban J connectivity index is 2.34. The average Bonchev–Trinajstić information content (AvgIpc) is 2.61. The van der Waals surface area contributed by atoms with Gasteiger partial charge in [-0.25, -0.2) is 9.78 Å². The Kier molecular flexibility index (Phi) is 5.03. The van der Waals surface area contributed by atoms with Gasteiger partial charge in [0.15, 0.2) is 0 Å². The van der Waals surface area contributed by atoms with Crippen molar-refractivity contribution in [3.05, 3.63) is 33.7 Å². The average molecular weight is 344 g/mol. The Bertz CT molecular complexity index is 854. The van der Waals surface area contributed by atoms with Crippen LogP contribution in [0.3, 0.4) is 0 Å². The number of ether oxygens (including phenoxy) is 1. The predicted molar refractivity (Wildman–Crippen MR) is 97.5 cm³/mol. The molecule has 7 nitrogen and oxygen atoms in total. The summed E-state index contributed by atoms with van der Waals surface area (Å²) in [5.41, 5.74) is 2.37. The van der Waals surface area contributed by atoms with E-state index in [0.29, 0.717) is 35.4 Å². The van der Waals surface area contributed by atoms with Gasteiger partial charge < -0.3 is 15.0 Å². The predicted octanol–water partition coefficient (Wildman–Crippen LogP) is 1.31. The standard InChI is InChI=1S/C18H24N4O3/c1-4-22-15(23)11-14(21-8-6-19-7-9-21)16-13(18(24)25-5-2)10-12(3)20-17(16)22/h10-11,19H,4-9H2,1-3H3. The zero-order chi connectivity index (χ0) is 18.0. The fourth-order valence-corrected chi connectivity index (χ4v) is 3.31. The summed E-state index contributed by atoms with van der Waals surface area (Å²) in [6.07, 6.45) is 0. The summed E-state index contributed by atoms with van der Waals surface area (Å²) in [6.45, 7) is 9.55. The van der Waals surface area contributed by atoms with Gasteiger partial charge in [-0.3, -0.25) is 9.36 Å². The minimum Gasteiger partial charge on any atom is -0.462 e. The maximum atomic E-state index is 12.6. The van der Waals surface area contributed by atoms with Crippen LogP contribution in [-0.4, -0.2) is 48.3 Å². The van der Waals surface area contributed by atoms with Crippen molar-refractivity contribution >= 4 is 22.7 Å². The third kappa shape index (κ3) is 3.24. The lowest BCUT2D eigenvalue weighted by Crippen LogP contribution is -2.44. The van der Waals surface area contributed by atoms with Gasteiger partial charge >= 0.3 is 5.97 Å². The highest BCUT2D eigenvalue weighted by atomic mass is 16.5. The highest BCUT2D eigenvalue weighted by Gasteiger charge is 2.23. The molecule has 7 heteroatoms. The molecule has 25 heavy (non-hydrogen) atoms. The van der Waals surface area contributed by atoms with Crippen molar-refractivity contribution in [3.63, 3.8) is 0 Å². The number of carbonyl (C=O) groups is 1. The number of fused-ring (bicyclic) bond motifs is 1. The van der Waals surface area contributed by atoms with Gasteiger partial charge in [0.2, 0.25) is 0 Å². The van der Waals surface area contributed by atoms with Gasteiger partial charge in [-0.15, -0.1) is 0 Å². The van der Waals surface area contributed by atoms with Crippen LogP contribution in [0.1, 0.15) is 29.9 Å². The lowest BCUT2D eigenvalue weighted by atomic mass is 10.1. The van der Waals surface area contributed by atoms with Crippen LogP contribution in [-0.2, 0) is 11.3 Å². The molecule has 0 bridgehead atoms. The largest absolute Gasteiger partial charge is 0.462 e. The Labute approximate surface area is 146 Å². The summed E-state index contributed by atoms with van der Waals surface area (Å²) in [4.78, 5) is 31.9. The zero-order valence-electron chi connectivity index (χ0n) is 15.0. The first-order valence-electron chi connectivity index (χ1n) is 8.74. The van der Waals surface area contributed by atoms with E-state index in [1.165, 1.54) is 0 Å². The molecule has 2 aromatic heterocycles. The third-order valence-corrected chi connectivity index (χ3v) is 4.44. The first kappa shape index (κ1) is 17.4. The quantitative estimate of drug-likeness (QED) is 0.843. The van der Waals surface area contributed by atoms with E-state index in [0.717, 1.165) is 31.9 Å². The van der Waals surface area contributed by atoms with E-state index in [9.17, 15) is 9.59 Å². The molecule has 0 radical (unpaired) electrons. The van der Waals surface area contributed by atoms with Crippen LogP contribution >= 0.6 is 0 Å². The van der Waals surface area contributed by atoms with Gasteiger partial charge in [-0.05, 0) is 26.8 Å². The second-order valence-corrected chi connectivity index (χ2v) is 6.08. The summed E-state index contributed by atoms with van der Waals surface area (Å²) in [6, 6.07) is 3.37. The van der Waals surface area contributed by atoms with Gasteiger partial charge in [0.1, 0.15) is 5.65 Å². The van der Waals surface area contributed by atoms with Crippen LogP contribution in [0, 0.1) is 6.92 Å². The summed E-state index contributed by atoms with van der Waals surface area (Å²) >= 11 is 0. The highest BCUT2D eigenvalue weighted by Crippen LogP contribution is 2.29. The number of aryl methyl sites for hydroxylation is 2. The first-order valence-corrected chi connectivity index (χ1v) is 8.74. The fourth-order valence-electron chi connectivity index (χ4n) is 3.31. The summed E-state index contributed by atoms with van der Waals surface area (Å²) in [7, 11) is 0. The molecule has 1 aliphatic rings. The monoisotopic (exact) mass is 344 g/mol. The number of pyridine rings is 2. The van der Waals surface area contributed by atoms with E-state index in [1.54, 1.807) is 23.6 Å². The molecule has 0 aromatic carbocycles. The highest BCUT2D eigenvalue weighted by molar-refractivity contribution is 6.08. The molecule has 0 unspecified atom stereocenters. The summed E-state index contributed by atoms with van der Waals surface area (Å²) in [5, 5.41) is 4.01. The molecule has 0 saturated carbocycles. The normalized spacial score (nSPS) is 14.8. The molecule has 2 aromatic rings.